The van der Waals surface area contributed by atoms with Crippen molar-refractivity contribution in [3.05, 3.63) is 18.2 Å². The lowest BCUT2D eigenvalue weighted by Gasteiger charge is -2.26. The summed E-state index contributed by atoms with van der Waals surface area (Å²) in [6.45, 7) is 0.583. The van der Waals surface area contributed by atoms with Crippen LogP contribution in [0.25, 0.3) is 0 Å². The summed E-state index contributed by atoms with van der Waals surface area (Å²) in [5, 5.41) is 35.3. The topological polar surface area (TPSA) is 220 Å². The average molecular weight is 475 g/mol. The van der Waals surface area contributed by atoms with Crippen LogP contribution in [0.1, 0.15) is 19.0 Å². The number of carbonyl (C=O) groups is 4. The van der Waals surface area contributed by atoms with Crippen molar-refractivity contribution in [1.82, 2.24) is 25.9 Å². The number of aliphatic hydroxyl groups is 2. The highest BCUT2D eigenvalue weighted by molar-refractivity contribution is 7.98. The summed E-state index contributed by atoms with van der Waals surface area (Å²) < 4.78 is 0. The van der Waals surface area contributed by atoms with Crippen LogP contribution in [-0.2, 0) is 25.6 Å². The summed E-state index contributed by atoms with van der Waals surface area (Å²) in [4.78, 5) is 55.6. The smallest absolute Gasteiger partial charge is 0.326 e. The number of rotatable bonds is 14. The van der Waals surface area contributed by atoms with Gasteiger partial charge in [-0.05, 0) is 25.4 Å². The number of nitrogens with zero attached hydrogens (tertiary/aromatic N) is 1. The third-order valence-electron chi connectivity index (χ3n) is 4.43. The molecule has 180 valence electrons. The fourth-order valence-electron chi connectivity index (χ4n) is 2.60. The van der Waals surface area contributed by atoms with Crippen LogP contribution in [0, 0.1) is 0 Å². The molecule has 1 aromatic rings. The van der Waals surface area contributed by atoms with Crippen LogP contribution in [0.3, 0.4) is 0 Å². The molecule has 0 aliphatic carbocycles. The molecule has 3 amide bonds. The lowest BCUT2D eigenvalue weighted by atomic mass is 10.1. The standard InChI is InChI=1S/C18H30N6O7S/c1-9(26)14(24-15(27)11(19)7-25)17(29)23-13(5-10-6-20-8-21-10)16(28)22-12(18(30)31)3-4-32-2/h6,8-9,11-14,25-26H,3-5,7,19H2,1-2H3,(H,20,21)(H,22,28)(H,23,29)(H,24,27)(H,30,31). The number of amides is 3. The summed E-state index contributed by atoms with van der Waals surface area (Å²) in [6, 6.07) is -5.17. The zero-order valence-electron chi connectivity index (χ0n) is 17.8. The molecule has 0 aromatic carbocycles. The summed E-state index contributed by atoms with van der Waals surface area (Å²) in [5.41, 5.74) is 5.91. The molecule has 5 unspecified atom stereocenters. The van der Waals surface area contributed by atoms with Crippen molar-refractivity contribution in [2.24, 2.45) is 5.73 Å². The van der Waals surface area contributed by atoms with Gasteiger partial charge in [0.15, 0.2) is 0 Å². The number of H-pyrrole nitrogens is 1. The monoisotopic (exact) mass is 474 g/mol. The van der Waals surface area contributed by atoms with Gasteiger partial charge >= 0.3 is 5.97 Å². The Hall–Kier alpha value is -2.68. The van der Waals surface area contributed by atoms with E-state index in [0.29, 0.717) is 11.4 Å². The van der Waals surface area contributed by atoms with Crippen LogP contribution >= 0.6 is 11.8 Å². The Labute approximate surface area is 188 Å². The summed E-state index contributed by atoms with van der Waals surface area (Å²) in [5.74, 6) is -3.24. The van der Waals surface area contributed by atoms with Crippen LogP contribution in [0.5, 0.6) is 0 Å². The minimum atomic E-state index is -1.47. The highest BCUT2D eigenvalue weighted by atomic mass is 32.2. The van der Waals surface area contributed by atoms with Gasteiger partial charge in [0.2, 0.25) is 17.7 Å². The van der Waals surface area contributed by atoms with Crippen molar-refractivity contribution in [1.29, 1.82) is 0 Å². The lowest BCUT2D eigenvalue weighted by molar-refractivity contribution is -0.142. The molecule has 0 fully saturated rings. The Kier molecular flexibility index (Phi) is 11.7. The number of carbonyl (C=O) groups excluding carboxylic acids is 3. The number of aliphatic hydroxyl groups excluding tert-OH is 2. The highest BCUT2D eigenvalue weighted by Crippen LogP contribution is 2.05. The first kappa shape index (κ1) is 27.4. The largest absolute Gasteiger partial charge is 0.480 e. The van der Waals surface area contributed by atoms with Gasteiger partial charge in [-0.15, -0.1) is 0 Å². The number of carboxylic acids is 1. The van der Waals surface area contributed by atoms with E-state index in [9.17, 15) is 29.4 Å². The highest BCUT2D eigenvalue weighted by Gasteiger charge is 2.32. The van der Waals surface area contributed by atoms with Gasteiger partial charge in [0.1, 0.15) is 24.2 Å². The first-order valence-corrected chi connectivity index (χ1v) is 11.1. The molecule has 32 heavy (non-hydrogen) atoms. The maximum Gasteiger partial charge on any atom is 0.326 e. The van der Waals surface area contributed by atoms with E-state index in [-0.39, 0.29) is 12.8 Å². The van der Waals surface area contributed by atoms with E-state index >= 15 is 0 Å². The predicted molar refractivity (Wildman–Crippen MR) is 115 cm³/mol. The van der Waals surface area contributed by atoms with Gasteiger partial charge in [-0.3, -0.25) is 14.4 Å². The van der Waals surface area contributed by atoms with Crippen LogP contribution < -0.4 is 21.7 Å². The number of hydrogen-bond acceptors (Lipinski definition) is 9. The first-order chi connectivity index (χ1) is 15.1. The van der Waals surface area contributed by atoms with Crippen LogP contribution in [0.4, 0.5) is 0 Å². The number of nitrogens with two attached hydrogens (primary N) is 1. The Morgan fingerprint density at radius 1 is 1.16 bits per heavy atom. The van der Waals surface area contributed by atoms with E-state index in [2.05, 4.69) is 25.9 Å². The molecular weight excluding hydrogens is 444 g/mol. The first-order valence-electron chi connectivity index (χ1n) is 9.75. The van der Waals surface area contributed by atoms with Crippen LogP contribution in [0.15, 0.2) is 12.5 Å². The third-order valence-corrected chi connectivity index (χ3v) is 5.08. The van der Waals surface area contributed by atoms with E-state index < -0.39 is 60.6 Å². The normalized spacial score (nSPS) is 15.7. The average Bonchev–Trinajstić information content (AvgIpc) is 3.25. The van der Waals surface area contributed by atoms with Crippen molar-refractivity contribution in [2.75, 3.05) is 18.6 Å². The molecule has 5 atom stereocenters. The van der Waals surface area contributed by atoms with Crippen molar-refractivity contribution >= 4 is 35.5 Å². The number of nitrogens with one attached hydrogen (secondary N) is 4. The molecule has 0 bridgehead atoms. The number of aliphatic carboxylic acids is 1. The molecule has 14 heteroatoms. The second kappa shape index (κ2) is 13.7. The minimum Gasteiger partial charge on any atom is -0.480 e. The second-order valence-electron chi connectivity index (χ2n) is 7.04. The predicted octanol–water partition coefficient (Wildman–Crippen LogP) is -3.06. The fourth-order valence-corrected chi connectivity index (χ4v) is 3.07. The Morgan fingerprint density at radius 3 is 2.31 bits per heavy atom. The number of hydrogen-bond donors (Lipinski definition) is 8. The number of thioether (sulfide) groups is 1. The Balaban J connectivity index is 3.01. The summed E-state index contributed by atoms with van der Waals surface area (Å²) in [7, 11) is 0. The summed E-state index contributed by atoms with van der Waals surface area (Å²) in [6.07, 6.45) is 3.38. The lowest BCUT2D eigenvalue weighted by Crippen LogP contribution is -2.60. The van der Waals surface area contributed by atoms with Gasteiger partial charge in [-0.2, -0.15) is 11.8 Å². The zero-order chi connectivity index (χ0) is 24.3. The molecule has 1 heterocycles. The van der Waals surface area contributed by atoms with E-state index in [0.717, 1.165) is 0 Å². The van der Waals surface area contributed by atoms with Gasteiger partial charge in [-0.1, -0.05) is 0 Å². The Morgan fingerprint density at radius 2 is 1.81 bits per heavy atom. The van der Waals surface area contributed by atoms with Gasteiger partial charge in [0.25, 0.3) is 0 Å². The SMILES string of the molecule is CSCCC(NC(=O)C(Cc1cnc[nH]1)NC(=O)C(NC(=O)C(N)CO)C(C)O)C(=O)O. The molecule has 0 saturated carbocycles. The second-order valence-corrected chi connectivity index (χ2v) is 8.02. The van der Waals surface area contributed by atoms with Crippen LogP contribution in [-0.4, -0.2) is 97.9 Å². The number of imidazole rings is 1. The summed E-state index contributed by atoms with van der Waals surface area (Å²) >= 11 is 1.42. The molecule has 13 nitrogen and oxygen atoms in total. The van der Waals surface area contributed by atoms with E-state index in [1.165, 1.54) is 31.2 Å². The Bertz CT molecular complexity index is 761. The van der Waals surface area contributed by atoms with Crippen molar-refractivity contribution in [3.63, 3.8) is 0 Å². The molecule has 0 saturated heterocycles. The van der Waals surface area contributed by atoms with Crippen molar-refractivity contribution < 1.29 is 34.5 Å². The van der Waals surface area contributed by atoms with E-state index in [4.69, 9.17) is 10.8 Å². The van der Waals surface area contributed by atoms with Gasteiger partial charge in [0.05, 0.1) is 19.0 Å². The molecule has 0 aliphatic heterocycles. The fraction of sp³-hybridized carbons (Fsp3) is 0.611. The molecule has 1 rings (SSSR count). The molecule has 0 radical (unpaired) electrons. The van der Waals surface area contributed by atoms with Gasteiger partial charge in [0, 0.05) is 18.3 Å². The van der Waals surface area contributed by atoms with Gasteiger partial charge in [-0.25, -0.2) is 9.78 Å². The van der Waals surface area contributed by atoms with Crippen molar-refractivity contribution in [3.8, 4) is 0 Å². The number of aromatic amines is 1. The number of carboxylic acid groups (broad SMARTS) is 1. The maximum atomic E-state index is 12.8. The van der Waals surface area contributed by atoms with Crippen molar-refractivity contribution in [2.45, 2.75) is 50.0 Å². The molecular formula is C18H30N6O7S. The van der Waals surface area contributed by atoms with Gasteiger partial charge < -0.3 is 42.0 Å². The number of aromatic nitrogens is 2. The maximum absolute atomic E-state index is 12.8. The molecule has 0 aliphatic rings. The van der Waals surface area contributed by atoms with E-state index in [1.54, 1.807) is 6.26 Å². The zero-order valence-corrected chi connectivity index (χ0v) is 18.6. The molecule has 9 N–H and O–H groups in total. The van der Waals surface area contributed by atoms with E-state index in [1.807, 2.05) is 0 Å². The minimum absolute atomic E-state index is 0.0525. The quantitative estimate of drug-likeness (QED) is 0.136. The molecule has 1 aromatic heterocycles. The molecule has 0 spiro atoms. The van der Waals surface area contributed by atoms with Crippen LogP contribution in [0.2, 0.25) is 0 Å². The third kappa shape index (κ3) is 8.82.